The van der Waals surface area contributed by atoms with Crippen LogP contribution in [0.15, 0.2) is 30.3 Å². The maximum Gasteiger partial charge on any atom is 0.0964 e. The quantitative estimate of drug-likeness (QED) is 0.424. The van der Waals surface area contributed by atoms with E-state index in [0.717, 1.165) is 46.8 Å². The molecule has 3 rings (SSSR count). The molecule has 1 aromatic rings. The highest BCUT2D eigenvalue weighted by molar-refractivity contribution is 8.29. The first-order valence-corrected chi connectivity index (χ1v) is 15.5. The number of hydrogen-bond acceptors (Lipinski definition) is 0. The lowest BCUT2D eigenvalue weighted by Crippen LogP contribution is -2.44. The average Bonchev–Trinajstić information content (AvgIpc) is 2.67. The SMILES string of the molecule is CC1CCC(C(C)C)C([P+](P)(c2ccccc2)C2CC(C)CCC2C(C)C)C1. The number of benzene rings is 1. The smallest absolute Gasteiger partial charge is 0.0624 e. The molecular formula is C26H45P2+. The van der Waals surface area contributed by atoms with Crippen LogP contribution in [0.1, 0.15) is 80.1 Å². The van der Waals surface area contributed by atoms with Crippen LogP contribution in [-0.4, -0.2) is 11.3 Å². The summed E-state index contributed by atoms with van der Waals surface area (Å²) in [5.74, 6) is 5.18. The van der Waals surface area contributed by atoms with Crippen molar-refractivity contribution in [1.29, 1.82) is 0 Å². The van der Waals surface area contributed by atoms with Gasteiger partial charge in [0.25, 0.3) is 0 Å². The summed E-state index contributed by atoms with van der Waals surface area (Å²) in [6.07, 6.45) is 8.67. The summed E-state index contributed by atoms with van der Waals surface area (Å²) in [4.78, 5) is 0. The molecule has 0 amide bonds. The third-order valence-electron chi connectivity index (χ3n) is 8.28. The molecule has 158 valence electrons. The standard InChI is InChI=1S/C26H45P2/c1-18(2)23-14-12-20(5)16-25(23)28(27,22-10-8-7-9-11-22)26-17-21(6)13-15-24(26)19(3)4/h7-11,18-21,23-26H,12-17,27H2,1-6H3/q+1. The molecular weight excluding hydrogens is 374 g/mol. The van der Waals surface area contributed by atoms with E-state index in [9.17, 15) is 0 Å². The molecule has 7 atom stereocenters. The molecule has 2 saturated carbocycles. The van der Waals surface area contributed by atoms with Crippen LogP contribution in [0.25, 0.3) is 0 Å². The molecule has 0 aliphatic heterocycles. The van der Waals surface area contributed by atoms with E-state index in [1.807, 2.05) is 0 Å². The Kier molecular flexibility index (Phi) is 7.70. The summed E-state index contributed by atoms with van der Waals surface area (Å²) in [5.41, 5.74) is 1.78. The van der Waals surface area contributed by atoms with Crippen molar-refractivity contribution >= 4 is 21.2 Å². The van der Waals surface area contributed by atoms with Gasteiger partial charge in [-0.05, 0) is 73.3 Å². The highest BCUT2D eigenvalue weighted by Gasteiger charge is 2.58. The van der Waals surface area contributed by atoms with Crippen LogP contribution in [0.4, 0.5) is 0 Å². The maximum atomic E-state index is 3.65. The molecule has 0 saturated heterocycles. The summed E-state index contributed by atoms with van der Waals surface area (Å²) in [7, 11) is 3.65. The summed E-state index contributed by atoms with van der Waals surface area (Å²) in [5, 5.41) is 1.70. The summed E-state index contributed by atoms with van der Waals surface area (Å²) in [6, 6.07) is 11.8. The van der Waals surface area contributed by atoms with E-state index in [4.69, 9.17) is 0 Å². The van der Waals surface area contributed by atoms with Gasteiger partial charge in [-0.25, -0.2) is 0 Å². The third kappa shape index (κ3) is 4.54. The molecule has 0 nitrogen and oxygen atoms in total. The van der Waals surface area contributed by atoms with E-state index in [2.05, 4.69) is 80.8 Å². The van der Waals surface area contributed by atoms with Crippen LogP contribution >= 0.6 is 15.9 Å². The molecule has 28 heavy (non-hydrogen) atoms. The summed E-state index contributed by atoms with van der Waals surface area (Å²) >= 11 is 0. The number of hydrogen-bond donors (Lipinski definition) is 0. The van der Waals surface area contributed by atoms with Crippen LogP contribution in [-0.2, 0) is 0 Å². The van der Waals surface area contributed by atoms with Crippen LogP contribution in [0.3, 0.4) is 0 Å². The highest BCUT2D eigenvalue weighted by atomic mass is 32.1. The van der Waals surface area contributed by atoms with Crippen molar-refractivity contribution in [2.75, 3.05) is 0 Å². The Bertz CT molecular complexity index is 576. The van der Waals surface area contributed by atoms with Gasteiger partial charge in [-0.1, -0.05) is 72.6 Å². The maximum absolute atomic E-state index is 3.65. The minimum absolute atomic E-state index is 0.805. The Morgan fingerprint density at radius 1 is 0.750 bits per heavy atom. The monoisotopic (exact) mass is 419 g/mol. The molecule has 0 aromatic heterocycles. The lowest BCUT2D eigenvalue weighted by molar-refractivity contribution is 0.223. The fourth-order valence-electron chi connectivity index (χ4n) is 6.60. The topological polar surface area (TPSA) is 0 Å². The lowest BCUT2D eigenvalue weighted by Gasteiger charge is -2.50. The fraction of sp³-hybridized carbons (Fsp3) is 0.769. The zero-order chi connectivity index (χ0) is 20.5. The minimum atomic E-state index is -1.35. The second-order valence-corrected chi connectivity index (χ2v) is 17.0. The first-order valence-electron chi connectivity index (χ1n) is 12.0. The van der Waals surface area contributed by atoms with E-state index < -0.39 is 6.95 Å². The van der Waals surface area contributed by atoms with Gasteiger partial charge < -0.3 is 0 Å². The Labute approximate surface area is 178 Å². The van der Waals surface area contributed by atoms with Crippen molar-refractivity contribution < 1.29 is 0 Å². The Balaban J connectivity index is 2.11. The first-order chi connectivity index (χ1) is 13.2. The molecule has 0 bridgehead atoms. The van der Waals surface area contributed by atoms with Crippen molar-refractivity contribution in [3.63, 3.8) is 0 Å². The van der Waals surface area contributed by atoms with Crippen LogP contribution in [0, 0.1) is 35.5 Å². The molecule has 0 heterocycles. The van der Waals surface area contributed by atoms with Gasteiger partial charge in [0.05, 0.1) is 23.6 Å². The van der Waals surface area contributed by atoms with Gasteiger partial charge in [-0.2, -0.15) is 0 Å². The summed E-state index contributed by atoms with van der Waals surface area (Å²) in [6.45, 7) is 13.7. The molecule has 0 N–H and O–H groups in total. The van der Waals surface area contributed by atoms with Gasteiger partial charge in [0.1, 0.15) is 0 Å². The molecule has 0 spiro atoms. The summed E-state index contributed by atoms with van der Waals surface area (Å²) < 4.78 is 0. The largest absolute Gasteiger partial charge is 0.0964 e. The van der Waals surface area contributed by atoms with Crippen molar-refractivity contribution in [2.24, 2.45) is 35.5 Å². The van der Waals surface area contributed by atoms with E-state index in [1.54, 1.807) is 5.30 Å². The average molecular weight is 420 g/mol. The second kappa shape index (κ2) is 9.48. The van der Waals surface area contributed by atoms with Crippen molar-refractivity contribution in [3.8, 4) is 0 Å². The van der Waals surface area contributed by atoms with Crippen molar-refractivity contribution in [1.82, 2.24) is 0 Å². The minimum Gasteiger partial charge on any atom is -0.0624 e. The first kappa shape index (κ1) is 22.8. The molecule has 2 fully saturated rings. The Morgan fingerprint density at radius 3 is 1.57 bits per heavy atom. The normalized spacial score (nSPS) is 36.5. The van der Waals surface area contributed by atoms with E-state index in [1.165, 1.54) is 38.5 Å². The van der Waals surface area contributed by atoms with Gasteiger partial charge in [0.15, 0.2) is 0 Å². The second-order valence-electron chi connectivity index (χ2n) is 11.0. The van der Waals surface area contributed by atoms with E-state index >= 15 is 0 Å². The third-order valence-corrected chi connectivity index (χ3v) is 16.0. The molecule has 0 radical (unpaired) electrons. The molecule has 2 heteroatoms. The molecule has 1 aromatic carbocycles. The predicted octanol–water partition coefficient (Wildman–Crippen LogP) is 8.04. The molecule has 2 aliphatic carbocycles. The van der Waals surface area contributed by atoms with Gasteiger partial charge in [-0.15, -0.1) is 0 Å². The molecule has 7 unspecified atom stereocenters. The zero-order valence-electron chi connectivity index (χ0n) is 19.3. The number of rotatable bonds is 5. The fourth-order valence-corrected chi connectivity index (χ4v) is 14.8. The van der Waals surface area contributed by atoms with Gasteiger partial charge in [0.2, 0.25) is 0 Å². The Hall–Kier alpha value is 0.0800. The molecule has 2 aliphatic rings. The van der Waals surface area contributed by atoms with Gasteiger partial charge in [-0.3, -0.25) is 0 Å². The van der Waals surface area contributed by atoms with Gasteiger partial charge in [0, 0.05) is 8.93 Å². The highest BCUT2D eigenvalue weighted by Crippen LogP contribution is 2.79. The van der Waals surface area contributed by atoms with Gasteiger partial charge >= 0.3 is 0 Å². The lowest BCUT2D eigenvalue weighted by atomic mass is 9.76. The van der Waals surface area contributed by atoms with Crippen LogP contribution < -0.4 is 5.30 Å². The Morgan fingerprint density at radius 2 is 1.18 bits per heavy atom. The van der Waals surface area contributed by atoms with Crippen LogP contribution in [0.2, 0.25) is 0 Å². The van der Waals surface area contributed by atoms with E-state index in [-0.39, 0.29) is 0 Å². The zero-order valence-corrected chi connectivity index (χ0v) is 21.3. The van der Waals surface area contributed by atoms with Crippen LogP contribution in [0.5, 0.6) is 0 Å². The van der Waals surface area contributed by atoms with Crippen molar-refractivity contribution in [2.45, 2.75) is 91.4 Å². The van der Waals surface area contributed by atoms with Crippen molar-refractivity contribution in [3.05, 3.63) is 30.3 Å². The predicted molar refractivity (Wildman–Crippen MR) is 133 cm³/mol. The van der Waals surface area contributed by atoms with E-state index in [0.29, 0.717) is 0 Å².